The highest BCUT2D eigenvalue weighted by Crippen LogP contribution is 2.62. The van der Waals surface area contributed by atoms with Gasteiger partial charge in [-0.25, -0.2) is 4.99 Å². The zero-order valence-electron chi connectivity index (χ0n) is 14.0. The molecule has 1 aromatic carbocycles. The summed E-state index contributed by atoms with van der Waals surface area (Å²) in [6, 6.07) is 10.9. The Kier molecular flexibility index (Phi) is 4.34. The van der Waals surface area contributed by atoms with Crippen LogP contribution in [0.2, 0.25) is 0 Å². The maximum atomic E-state index is 5.94. The van der Waals surface area contributed by atoms with Crippen LogP contribution in [0.5, 0.6) is 0 Å². The molecule has 0 saturated carbocycles. The molecule has 115 valence electrons. The van der Waals surface area contributed by atoms with E-state index in [-0.39, 0.29) is 11.5 Å². The third kappa shape index (κ3) is 2.95. The number of benzene rings is 1. The van der Waals surface area contributed by atoms with E-state index in [1.54, 1.807) is 0 Å². The summed E-state index contributed by atoms with van der Waals surface area (Å²) in [6.07, 6.45) is 0. The molecule has 0 N–H and O–H groups in total. The van der Waals surface area contributed by atoms with E-state index < -0.39 is 0 Å². The molecule has 0 spiro atoms. The first kappa shape index (κ1) is 16.0. The summed E-state index contributed by atoms with van der Waals surface area (Å²) in [5, 5.41) is 0. The number of hydrogen-bond donors (Lipinski definition) is 0. The second kappa shape index (κ2) is 5.96. The number of rotatable bonds is 2. The van der Waals surface area contributed by atoms with Gasteiger partial charge in [0.1, 0.15) is 6.61 Å². The van der Waals surface area contributed by atoms with Crippen molar-refractivity contribution >= 4 is 14.5 Å². The Morgan fingerprint density at radius 3 is 2.27 bits per heavy atom. The molecule has 0 aromatic heterocycles. The smallest absolute Gasteiger partial charge is 0.197 e. The van der Waals surface area contributed by atoms with Crippen LogP contribution < -0.4 is 0 Å². The van der Waals surface area contributed by atoms with Crippen molar-refractivity contribution in [1.82, 2.24) is 0 Å². The van der Waals surface area contributed by atoms with Crippen molar-refractivity contribution in [3.8, 4) is 0 Å². The van der Waals surface area contributed by atoms with Gasteiger partial charge in [0.15, 0.2) is 5.90 Å². The fraction of sp³-hybridized carbons (Fsp3) is 0.421. The number of hydrogen-bond acceptors (Lipinski definition) is 2. The number of aliphatic imine (C=N–C) groups is 1. The summed E-state index contributed by atoms with van der Waals surface area (Å²) >= 11 is 0. The Hall–Kier alpha value is -0.880. The van der Waals surface area contributed by atoms with Crippen LogP contribution in [0, 0.1) is 28.6 Å². The van der Waals surface area contributed by atoms with Gasteiger partial charge < -0.3 is 4.74 Å². The van der Waals surface area contributed by atoms with Crippen LogP contribution in [0.4, 0.5) is 0 Å². The van der Waals surface area contributed by atoms with E-state index in [1.807, 2.05) is 0 Å². The molecule has 1 saturated heterocycles. The molecule has 2 aliphatic heterocycles. The van der Waals surface area contributed by atoms with Crippen molar-refractivity contribution < 1.29 is 4.74 Å². The van der Waals surface area contributed by atoms with Gasteiger partial charge in [0.2, 0.25) is 0 Å². The maximum absolute atomic E-state index is 5.94. The van der Waals surface area contributed by atoms with Crippen molar-refractivity contribution in [3.63, 3.8) is 0 Å². The highest BCUT2D eigenvalue weighted by atomic mass is 31.1. The van der Waals surface area contributed by atoms with Gasteiger partial charge in [-0.15, -0.1) is 0 Å². The largest absolute Gasteiger partial charge is 0.478 e. The van der Waals surface area contributed by atoms with Gasteiger partial charge in [0.05, 0.1) is 11.7 Å². The number of nitrogens with zero attached hydrogens (tertiary/aromatic N) is 1. The molecule has 2 aliphatic rings. The van der Waals surface area contributed by atoms with E-state index in [0.29, 0.717) is 6.61 Å². The fourth-order valence-corrected chi connectivity index (χ4v) is 4.06. The highest BCUT2D eigenvalue weighted by molar-refractivity contribution is 7.49. The van der Waals surface area contributed by atoms with Crippen LogP contribution in [-0.4, -0.2) is 18.5 Å². The minimum Gasteiger partial charge on any atom is -0.478 e. The quantitative estimate of drug-likeness (QED) is 0.697. The monoisotopic (exact) mass is 312 g/mol. The average Bonchev–Trinajstić information content (AvgIpc) is 3.07. The van der Waals surface area contributed by atoms with Gasteiger partial charge >= 0.3 is 0 Å². The SMILES string of the molecule is C[C]1[C](C)[C](c2ccccc2)[P][C]1C1=N[C@@H](C(C)(C)C)CO1. The molecule has 3 rings (SSSR count). The van der Waals surface area contributed by atoms with Gasteiger partial charge in [-0.05, 0) is 25.5 Å². The number of ether oxygens (including phenoxy) is 1. The molecular formula is C19H23NOP. The minimum absolute atomic E-state index is 0.149. The van der Waals surface area contributed by atoms with E-state index in [1.165, 1.54) is 37.3 Å². The first-order chi connectivity index (χ1) is 10.4. The standard InChI is InChI=1S/C19H23NOP/c1-12-13(2)17(18-20-15(11-21-18)19(3,4)5)22-16(12)14-9-7-6-8-10-14/h6-10,15H,11H2,1-5H3/t15-/m1/s1. The second-order valence-electron chi connectivity index (χ2n) is 7.05. The normalized spacial score (nSPS) is 26.6. The van der Waals surface area contributed by atoms with E-state index >= 15 is 0 Å². The molecular weight excluding hydrogens is 289 g/mol. The van der Waals surface area contributed by atoms with Crippen molar-refractivity contribution in [3.05, 3.63) is 59.0 Å². The summed E-state index contributed by atoms with van der Waals surface area (Å²) in [5.41, 5.74) is 4.06. The molecule has 5 radical (unpaired) electrons. The zero-order valence-corrected chi connectivity index (χ0v) is 14.9. The van der Waals surface area contributed by atoms with E-state index in [4.69, 9.17) is 9.73 Å². The predicted molar refractivity (Wildman–Crippen MR) is 93.4 cm³/mol. The molecule has 0 bridgehead atoms. The third-order valence-electron chi connectivity index (χ3n) is 4.40. The first-order valence-electron chi connectivity index (χ1n) is 7.78. The van der Waals surface area contributed by atoms with Crippen molar-refractivity contribution in [2.75, 3.05) is 6.61 Å². The van der Waals surface area contributed by atoms with Gasteiger partial charge in [-0.1, -0.05) is 65.0 Å². The molecule has 0 aliphatic carbocycles. The summed E-state index contributed by atoms with van der Waals surface area (Å²) in [5.74, 6) is 3.52. The molecule has 0 amide bonds. The summed E-state index contributed by atoms with van der Waals surface area (Å²) < 4.78 is 5.94. The average molecular weight is 312 g/mol. The van der Waals surface area contributed by atoms with E-state index in [0.717, 1.165) is 5.90 Å². The predicted octanol–water partition coefficient (Wildman–Crippen LogP) is 5.09. The Balaban J connectivity index is 1.79. The fourth-order valence-electron chi connectivity index (χ4n) is 2.67. The molecule has 1 fully saturated rings. The van der Waals surface area contributed by atoms with Gasteiger partial charge in [-0.3, -0.25) is 0 Å². The highest BCUT2D eigenvalue weighted by Gasteiger charge is 2.46. The lowest BCUT2D eigenvalue weighted by molar-refractivity contribution is 0.235. The van der Waals surface area contributed by atoms with Crippen LogP contribution in [0.3, 0.4) is 0 Å². The van der Waals surface area contributed by atoms with Crippen LogP contribution >= 0.6 is 8.58 Å². The Morgan fingerprint density at radius 2 is 1.68 bits per heavy atom. The third-order valence-corrected chi connectivity index (χ3v) is 5.96. The van der Waals surface area contributed by atoms with Crippen LogP contribution in [0.25, 0.3) is 0 Å². The summed E-state index contributed by atoms with van der Waals surface area (Å²) in [7, 11) is 1.22. The molecule has 3 heteroatoms. The van der Waals surface area contributed by atoms with Crippen molar-refractivity contribution in [1.29, 1.82) is 0 Å². The first-order valence-corrected chi connectivity index (χ1v) is 8.67. The molecule has 2 heterocycles. The Morgan fingerprint density at radius 1 is 1.05 bits per heavy atom. The minimum atomic E-state index is 0.149. The van der Waals surface area contributed by atoms with Crippen LogP contribution in [0.1, 0.15) is 40.2 Å². The molecule has 1 aromatic rings. The topological polar surface area (TPSA) is 21.6 Å². The molecule has 0 unspecified atom stereocenters. The summed E-state index contributed by atoms with van der Waals surface area (Å²) in [4.78, 5) is 4.86. The zero-order chi connectivity index (χ0) is 15.9. The van der Waals surface area contributed by atoms with Crippen molar-refractivity contribution in [2.45, 2.75) is 40.7 Å². The molecule has 22 heavy (non-hydrogen) atoms. The second-order valence-corrected chi connectivity index (χ2v) is 8.17. The van der Waals surface area contributed by atoms with Crippen LogP contribution in [0.15, 0.2) is 35.3 Å². The Bertz CT molecular complexity index is 548. The van der Waals surface area contributed by atoms with Gasteiger partial charge in [0, 0.05) is 11.6 Å². The Labute approximate surface area is 136 Å². The van der Waals surface area contributed by atoms with E-state index in [9.17, 15) is 0 Å². The van der Waals surface area contributed by atoms with E-state index in [2.05, 4.69) is 65.0 Å². The van der Waals surface area contributed by atoms with Gasteiger partial charge in [-0.2, -0.15) is 0 Å². The maximum Gasteiger partial charge on any atom is 0.197 e. The lowest BCUT2D eigenvalue weighted by Crippen LogP contribution is -2.25. The lowest BCUT2D eigenvalue weighted by Gasteiger charge is -2.22. The molecule has 1 atom stereocenters. The van der Waals surface area contributed by atoms with Gasteiger partial charge in [0.25, 0.3) is 0 Å². The molecule has 2 nitrogen and oxygen atoms in total. The van der Waals surface area contributed by atoms with Crippen molar-refractivity contribution in [2.24, 2.45) is 10.4 Å². The lowest BCUT2D eigenvalue weighted by atomic mass is 9.87. The summed E-state index contributed by atoms with van der Waals surface area (Å²) in [6.45, 7) is 11.8. The van der Waals surface area contributed by atoms with Crippen LogP contribution in [-0.2, 0) is 4.74 Å².